The van der Waals surface area contributed by atoms with Crippen LogP contribution in [0.25, 0.3) is 10.8 Å². The van der Waals surface area contributed by atoms with E-state index in [9.17, 15) is 4.79 Å². The largest absolute Gasteiger partial charge is 0.492 e. The maximum Gasteiger partial charge on any atom is 0.237 e. The van der Waals surface area contributed by atoms with Crippen LogP contribution >= 0.6 is 0 Å². The summed E-state index contributed by atoms with van der Waals surface area (Å²) in [4.78, 5) is 11.8. The number of hydrogen-bond acceptors (Lipinski definition) is 3. The molecule has 0 aliphatic heterocycles. The van der Waals surface area contributed by atoms with Gasteiger partial charge < -0.3 is 15.8 Å². The minimum Gasteiger partial charge on any atom is -0.492 e. The topological polar surface area (TPSA) is 64.4 Å². The van der Waals surface area contributed by atoms with E-state index in [1.807, 2.05) is 30.3 Å². The van der Waals surface area contributed by atoms with Crippen molar-refractivity contribution in [3.8, 4) is 5.75 Å². The molecular formula is C18H24N2O2. The highest BCUT2D eigenvalue weighted by molar-refractivity contribution is 5.83. The zero-order chi connectivity index (χ0) is 15.9. The van der Waals surface area contributed by atoms with Crippen molar-refractivity contribution in [3.05, 3.63) is 42.5 Å². The van der Waals surface area contributed by atoms with Gasteiger partial charge in [0, 0.05) is 0 Å². The van der Waals surface area contributed by atoms with Gasteiger partial charge in [0.1, 0.15) is 12.4 Å². The number of nitrogens with two attached hydrogens (primary N) is 1. The molecule has 0 radical (unpaired) electrons. The molecular weight excluding hydrogens is 276 g/mol. The number of fused-ring (bicyclic) bond motifs is 1. The van der Waals surface area contributed by atoms with Crippen LogP contribution in [0.5, 0.6) is 5.75 Å². The standard InChI is InChI=1S/C18H24N2O2/c1-13(2)11-17(19)18(21)20-9-10-22-16-8-7-14-5-3-4-6-15(14)12-16/h3-8,12-13,17H,9-11,19H2,1-2H3,(H,20,21)/t17-/m0/s1. The molecule has 0 aliphatic carbocycles. The molecule has 0 fully saturated rings. The van der Waals surface area contributed by atoms with Crippen molar-refractivity contribution in [2.45, 2.75) is 26.3 Å². The fourth-order valence-electron chi connectivity index (χ4n) is 2.35. The van der Waals surface area contributed by atoms with Crippen molar-refractivity contribution in [2.24, 2.45) is 11.7 Å². The van der Waals surface area contributed by atoms with E-state index in [2.05, 4.69) is 31.3 Å². The van der Waals surface area contributed by atoms with Crippen LogP contribution in [0.4, 0.5) is 0 Å². The van der Waals surface area contributed by atoms with Crippen molar-refractivity contribution in [1.82, 2.24) is 5.32 Å². The van der Waals surface area contributed by atoms with Crippen LogP contribution in [-0.2, 0) is 4.79 Å². The van der Waals surface area contributed by atoms with Crippen molar-refractivity contribution in [2.75, 3.05) is 13.2 Å². The lowest BCUT2D eigenvalue weighted by Crippen LogP contribution is -2.42. The highest BCUT2D eigenvalue weighted by Crippen LogP contribution is 2.20. The summed E-state index contributed by atoms with van der Waals surface area (Å²) in [6, 6.07) is 13.7. The third-order valence-electron chi connectivity index (χ3n) is 3.45. The van der Waals surface area contributed by atoms with Gasteiger partial charge in [-0.05, 0) is 35.2 Å². The van der Waals surface area contributed by atoms with E-state index < -0.39 is 6.04 Å². The number of amides is 1. The Balaban J connectivity index is 1.77. The molecule has 0 bridgehead atoms. The summed E-state index contributed by atoms with van der Waals surface area (Å²) in [5.41, 5.74) is 5.82. The van der Waals surface area contributed by atoms with E-state index >= 15 is 0 Å². The maximum atomic E-state index is 11.8. The number of nitrogens with one attached hydrogen (secondary N) is 1. The van der Waals surface area contributed by atoms with E-state index in [0.29, 0.717) is 25.5 Å². The molecule has 0 aliphatic rings. The van der Waals surface area contributed by atoms with Gasteiger partial charge in [-0.15, -0.1) is 0 Å². The number of carbonyl (C=O) groups excluding carboxylic acids is 1. The van der Waals surface area contributed by atoms with Gasteiger partial charge >= 0.3 is 0 Å². The molecule has 0 spiro atoms. The Kier molecular flexibility index (Phi) is 5.78. The SMILES string of the molecule is CC(C)C[C@H](N)C(=O)NCCOc1ccc2ccccc2c1. The molecule has 2 aromatic carbocycles. The van der Waals surface area contributed by atoms with Crippen molar-refractivity contribution < 1.29 is 9.53 Å². The molecule has 2 rings (SSSR count). The van der Waals surface area contributed by atoms with Crippen molar-refractivity contribution >= 4 is 16.7 Å². The molecule has 0 unspecified atom stereocenters. The summed E-state index contributed by atoms with van der Waals surface area (Å²) < 4.78 is 5.67. The molecule has 1 atom stereocenters. The molecule has 0 saturated carbocycles. The summed E-state index contributed by atoms with van der Waals surface area (Å²) in [7, 11) is 0. The number of ether oxygens (including phenoxy) is 1. The van der Waals surface area contributed by atoms with Crippen LogP contribution in [0.1, 0.15) is 20.3 Å². The average molecular weight is 300 g/mol. The second-order valence-electron chi connectivity index (χ2n) is 5.88. The number of hydrogen-bond donors (Lipinski definition) is 2. The highest BCUT2D eigenvalue weighted by atomic mass is 16.5. The summed E-state index contributed by atoms with van der Waals surface area (Å²) in [5.74, 6) is 1.10. The lowest BCUT2D eigenvalue weighted by atomic mass is 10.0. The van der Waals surface area contributed by atoms with Crippen LogP contribution < -0.4 is 15.8 Å². The number of rotatable bonds is 7. The number of benzene rings is 2. The van der Waals surface area contributed by atoms with Crippen LogP contribution in [0.2, 0.25) is 0 Å². The minimum atomic E-state index is -0.444. The number of carbonyl (C=O) groups is 1. The van der Waals surface area contributed by atoms with Gasteiger partial charge in [0.2, 0.25) is 5.91 Å². The van der Waals surface area contributed by atoms with Gasteiger partial charge in [-0.3, -0.25) is 4.79 Å². The highest BCUT2D eigenvalue weighted by Gasteiger charge is 2.13. The van der Waals surface area contributed by atoms with Crippen LogP contribution in [-0.4, -0.2) is 25.1 Å². The smallest absolute Gasteiger partial charge is 0.237 e. The Morgan fingerprint density at radius 3 is 2.64 bits per heavy atom. The summed E-state index contributed by atoms with van der Waals surface area (Å²) >= 11 is 0. The molecule has 0 saturated heterocycles. The van der Waals surface area contributed by atoms with Crippen molar-refractivity contribution in [3.63, 3.8) is 0 Å². The van der Waals surface area contributed by atoms with Crippen molar-refractivity contribution in [1.29, 1.82) is 0 Å². The summed E-state index contributed by atoms with van der Waals surface area (Å²) in [5, 5.41) is 5.13. The molecule has 3 N–H and O–H groups in total. The minimum absolute atomic E-state index is 0.115. The van der Waals surface area contributed by atoms with Crippen LogP contribution in [0, 0.1) is 5.92 Å². The predicted octanol–water partition coefficient (Wildman–Crippen LogP) is 2.71. The van der Waals surface area contributed by atoms with Crippen LogP contribution in [0.3, 0.4) is 0 Å². The van der Waals surface area contributed by atoms with Crippen LogP contribution in [0.15, 0.2) is 42.5 Å². The zero-order valence-corrected chi connectivity index (χ0v) is 13.2. The molecule has 4 nitrogen and oxygen atoms in total. The van der Waals surface area contributed by atoms with Gasteiger partial charge in [-0.2, -0.15) is 0 Å². The normalized spacial score (nSPS) is 12.4. The Morgan fingerprint density at radius 1 is 1.18 bits per heavy atom. The van der Waals surface area contributed by atoms with Gasteiger partial charge in [0.15, 0.2) is 0 Å². The second-order valence-corrected chi connectivity index (χ2v) is 5.88. The van der Waals surface area contributed by atoms with E-state index in [4.69, 9.17) is 10.5 Å². The fourth-order valence-corrected chi connectivity index (χ4v) is 2.35. The molecule has 0 heterocycles. The first-order chi connectivity index (χ1) is 10.6. The Morgan fingerprint density at radius 2 is 1.91 bits per heavy atom. The first-order valence-corrected chi connectivity index (χ1v) is 7.71. The molecule has 4 heteroatoms. The lowest BCUT2D eigenvalue weighted by molar-refractivity contribution is -0.122. The molecule has 22 heavy (non-hydrogen) atoms. The molecule has 0 aromatic heterocycles. The summed E-state index contributed by atoms with van der Waals surface area (Å²) in [6.45, 7) is 4.99. The quantitative estimate of drug-likeness (QED) is 0.773. The van der Waals surface area contributed by atoms with Gasteiger partial charge in [0.25, 0.3) is 0 Å². The van der Waals surface area contributed by atoms with Gasteiger partial charge in [-0.1, -0.05) is 44.2 Å². The predicted molar refractivity (Wildman–Crippen MR) is 89.9 cm³/mol. The molecule has 1 amide bonds. The third-order valence-corrected chi connectivity index (χ3v) is 3.45. The van der Waals surface area contributed by atoms with Gasteiger partial charge in [-0.25, -0.2) is 0 Å². The summed E-state index contributed by atoms with van der Waals surface area (Å²) in [6.07, 6.45) is 0.692. The zero-order valence-electron chi connectivity index (χ0n) is 13.2. The Hall–Kier alpha value is -2.07. The Bertz CT molecular complexity index is 625. The van der Waals surface area contributed by atoms with E-state index in [1.165, 1.54) is 5.39 Å². The van der Waals surface area contributed by atoms with E-state index in [-0.39, 0.29) is 5.91 Å². The third kappa shape index (κ3) is 4.74. The molecule has 2 aromatic rings. The second kappa shape index (κ2) is 7.80. The van der Waals surface area contributed by atoms with Gasteiger partial charge in [0.05, 0.1) is 12.6 Å². The fraction of sp³-hybridized carbons (Fsp3) is 0.389. The first kappa shape index (κ1) is 16.3. The maximum absolute atomic E-state index is 11.8. The van der Waals surface area contributed by atoms with E-state index in [1.54, 1.807) is 0 Å². The lowest BCUT2D eigenvalue weighted by Gasteiger charge is -2.14. The molecule has 118 valence electrons. The first-order valence-electron chi connectivity index (χ1n) is 7.71. The monoisotopic (exact) mass is 300 g/mol. The van der Waals surface area contributed by atoms with E-state index in [0.717, 1.165) is 11.1 Å². The average Bonchev–Trinajstić information content (AvgIpc) is 2.50. The Labute approximate surface area is 131 Å².